The van der Waals surface area contributed by atoms with Crippen molar-refractivity contribution in [2.45, 2.75) is 39.7 Å². The molecule has 0 aliphatic rings. The normalized spacial score (nSPS) is 11.1. The molecule has 0 saturated carbocycles. The van der Waals surface area contributed by atoms with Crippen LogP contribution in [0.15, 0.2) is 33.8 Å². The lowest BCUT2D eigenvalue weighted by atomic mass is 10.2. The van der Waals surface area contributed by atoms with E-state index in [0.29, 0.717) is 23.3 Å². The summed E-state index contributed by atoms with van der Waals surface area (Å²) >= 11 is 5.99. The monoisotopic (exact) mass is 477 g/mol. The highest BCUT2D eigenvalue weighted by Gasteiger charge is 2.09. The molecule has 0 bridgehead atoms. The van der Waals surface area contributed by atoms with Gasteiger partial charge in [-0.1, -0.05) is 48.7 Å². The molecule has 0 atom stereocenters. The first-order valence-electron chi connectivity index (χ1n) is 8.33. The zero-order valence-electron chi connectivity index (χ0n) is 14.6. The van der Waals surface area contributed by atoms with Crippen LogP contribution in [0.25, 0.3) is 11.4 Å². The zero-order valence-corrected chi connectivity index (χ0v) is 17.7. The molecule has 0 spiro atoms. The Hall–Kier alpha value is -1.35. The molecule has 2 aromatic rings. The Bertz CT molecular complexity index is 662. The second-order valence-electron chi connectivity index (χ2n) is 5.35. The SMILES string of the molecule is CCCCCNC(=NCc1nc(-c2cccc(Cl)c2)no1)NCC.I. The average molecular weight is 478 g/mol. The van der Waals surface area contributed by atoms with Gasteiger partial charge in [0.25, 0.3) is 0 Å². The van der Waals surface area contributed by atoms with Gasteiger partial charge in [-0.3, -0.25) is 0 Å². The number of aliphatic imine (C=N–C) groups is 1. The highest BCUT2D eigenvalue weighted by Crippen LogP contribution is 2.19. The Balaban J connectivity index is 0.00000312. The number of unbranched alkanes of at least 4 members (excludes halogenated alkanes) is 2. The third-order valence-electron chi connectivity index (χ3n) is 3.34. The quantitative estimate of drug-likeness (QED) is 0.257. The molecular weight excluding hydrogens is 453 g/mol. The minimum atomic E-state index is 0. The van der Waals surface area contributed by atoms with Gasteiger partial charge in [0.05, 0.1) is 0 Å². The van der Waals surface area contributed by atoms with Gasteiger partial charge in [-0.2, -0.15) is 4.98 Å². The van der Waals surface area contributed by atoms with E-state index in [-0.39, 0.29) is 24.0 Å². The molecule has 138 valence electrons. The van der Waals surface area contributed by atoms with Gasteiger partial charge in [-0.25, -0.2) is 4.99 Å². The van der Waals surface area contributed by atoms with Crippen LogP contribution in [-0.4, -0.2) is 29.2 Å². The van der Waals surface area contributed by atoms with Crippen LogP contribution in [-0.2, 0) is 6.54 Å². The van der Waals surface area contributed by atoms with Crippen LogP contribution in [0, 0.1) is 0 Å². The number of halogens is 2. The maximum absolute atomic E-state index is 5.99. The van der Waals surface area contributed by atoms with Gasteiger partial charge in [-0.15, -0.1) is 24.0 Å². The third kappa shape index (κ3) is 7.60. The Kier molecular flexibility index (Phi) is 10.5. The predicted molar refractivity (Wildman–Crippen MR) is 113 cm³/mol. The van der Waals surface area contributed by atoms with E-state index in [1.165, 1.54) is 12.8 Å². The van der Waals surface area contributed by atoms with Gasteiger partial charge in [-0.05, 0) is 25.5 Å². The fraction of sp³-hybridized carbons (Fsp3) is 0.471. The molecule has 2 rings (SSSR count). The van der Waals surface area contributed by atoms with Crippen LogP contribution in [0.4, 0.5) is 0 Å². The lowest BCUT2D eigenvalue weighted by Gasteiger charge is -2.10. The summed E-state index contributed by atoms with van der Waals surface area (Å²) in [5, 5.41) is 11.1. The molecule has 0 radical (unpaired) electrons. The van der Waals surface area contributed by atoms with Gasteiger partial charge < -0.3 is 15.2 Å². The number of rotatable bonds is 8. The topological polar surface area (TPSA) is 75.3 Å². The summed E-state index contributed by atoms with van der Waals surface area (Å²) in [6, 6.07) is 7.36. The largest absolute Gasteiger partial charge is 0.357 e. The van der Waals surface area contributed by atoms with Crippen LogP contribution in [0.1, 0.15) is 39.0 Å². The highest BCUT2D eigenvalue weighted by atomic mass is 127. The molecule has 0 amide bonds. The van der Waals surface area contributed by atoms with E-state index >= 15 is 0 Å². The maximum atomic E-state index is 5.99. The van der Waals surface area contributed by atoms with Crippen LogP contribution in [0.5, 0.6) is 0 Å². The number of nitrogens with zero attached hydrogens (tertiary/aromatic N) is 3. The second-order valence-corrected chi connectivity index (χ2v) is 5.79. The van der Waals surface area contributed by atoms with Crippen molar-refractivity contribution >= 4 is 41.5 Å². The lowest BCUT2D eigenvalue weighted by Crippen LogP contribution is -2.37. The molecule has 0 fully saturated rings. The van der Waals surface area contributed by atoms with Crippen molar-refractivity contribution in [3.63, 3.8) is 0 Å². The van der Waals surface area contributed by atoms with Crippen LogP contribution in [0.3, 0.4) is 0 Å². The molecule has 8 heteroatoms. The minimum absolute atomic E-state index is 0. The number of aromatic nitrogens is 2. The molecule has 0 aliphatic heterocycles. The van der Waals surface area contributed by atoms with Crippen molar-refractivity contribution in [2.24, 2.45) is 4.99 Å². The molecular formula is C17H25ClIN5O. The molecule has 0 saturated heterocycles. The Morgan fingerprint density at radius 3 is 2.80 bits per heavy atom. The Morgan fingerprint density at radius 1 is 1.24 bits per heavy atom. The van der Waals surface area contributed by atoms with Crippen molar-refractivity contribution in [1.82, 2.24) is 20.8 Å². The van der Waals surface area contributed by atoms with Crippen molar-refractivity contribution in [1.29, 1.82) is 0 Å². The Labute approximate surface area is 170 Å². The number of guanidine groups is 1. The molecule has 1 aromatic carbocycles. The smallest absolute Gasteiger partial charge is 0.248 e. The fourth-order valence-corrected chi connectivity index (χ4v) is 2.32. The van der Waals surface area contributed by atoms with Crippen molar-refractivity contribution in [3.05, 3.63) is 35.2 Å². The average Bonchev–Trinajstić information content (AvgIpc) is 3.05. The molecule has 1 heterocycles. The predicted octanol–water partition coefficient (Wildman–Crippen LogP) is 4.25. The summed E-state index contributed by atoms with van der Waals surface area (Å²) in [5.74, 6) is 1.75. The summed E-state index contributed by atoms with van der Waals surface area (Å²) in [7, 11) is 0. The van der Waals surface area contributed by atoms with Crippen molar-refractivity contribution in [2.75, 3.05) is 13.1 Å². The van der Waals surface area contributed by atoms with E-state index in [1.54, 1.807) is 6.07 Å². The first-order chi connectivity index (χ1) is 11.7. The van der Waals surface area contributed by atoms with Gasteiger partial charge in [0.2, 0.25) is 11.7 Å². The highest BCUT2D eigenvalue weighted by molar-refractivity contribution is 14.0. The summed E-state index contributed by atoms with van der Waals surface area (Å²) < 4.78 is 5.26. The van der Waals surface area contributed by atoms with Gasteiger partial charge in [0.15, 0.2) is 5.96 Å². The third-order valence-corrected chi connectivity index (χ3v) is 3.58. The van der Waals surface area contributed by atoms with E-state index in [9.17, 15) is 0 Å². The number of nitrogens with one attached hydrogen (secondary N) is 2. The first-order valence-corrected chi connectivity index (χ1v) is 8.71. The summed E-state index contributed by atoms with van der Waals surface area (Å²) in [6.07, 6.45) is 3.53. The standard InChI is InChI=1S/C17H24ClN5O.HI/c1-3-5-6-10-20-17(19-4-2)21-12-15-22-16(23-24-15)13-8-7-9-14(18)11-13;/h7-9,11H,3-6,10,12H2,1-2H3,(H2,19,20,21);1H. The molecule has 0 unspecified atom stereocenters. The lowest BCUT2D eigenvalue weighted by molar-refractivity contribution is 0.380. The molecule has 25 heavy (non-hydrogen) atoms. The van der Waals surface area contributed by atoms with E-state index in [0.717, 1.165) is 31.0 Å². The van der Waals surface area contributed by atoms with Crippen LogP contribution in [0.2, 0.25) is 5.02 Å². The number of hydrogen-bond acceptors (Lipinski definition) is 4. The van der Waals surface area contributed by atoms with Crippen molar-refractivity contribution in [3.8, 4) is 11.4 Å². The van der Waals surface area contributed by atoms with E-state index in [2.05, 4.69) is 32.7 Å². The summed E-state index contributed by atoms with van der Waals surface area (Å²) in [5.41, 5.74) is 0.825. The summed E-state index contributed by atoms with van der Waals surface area (Å²) in [4.78, 5) is 8.84. The van der Waals surface area contributed by atoms with E-state index in [4.69, 9.17) is 16.1 Å². The molecule has 2 N–H and O–H groups in total. The second kappa shape index (κ2) is 12.1. The van der Waals surface area contributed by atoms with Gasteiger partial charge in [0, 0.05) is 23.7 Å². The van der Waals surface area contributed by atoms with E-state index < -0.39 is 0 Å². The minimum Gasteiger partial charge on any atom is -0.357 e. The number of hydrogen-bond donors (Lipinski definition) is 2. The fourth-order valence-electron chi connectivity index (χ4n) is 2.13. The van der Waals surface area contributed by atoms with Crippen LogP contribution < -0.4 is 10.6 Å². The Morgan fingerprint density at radius 2 is 2.08 bits per heavy atom. The number of benzene rings is 1. The van der Waals surface area contributed by atoms with Gasteiger partial charge in [0.1, 0.15) is 6.54 Å². The molecule has 6 nitrogen and oxygen atoms in total. The molecule has 0 aliphatic carbocycles. The zero-order chi connectivity index (χ0) is 17.2. The molecule has 1 aromatic heterocycles. The van der Waals surface area contributed by atoms with E-state index in [1.807, 2.05) is 25.1 Å². The first kappa shape index (κ1) is 21.7. The van der Waals surface area contributed by atoms with Crippen LogP contribution >= 0.6 is 35.6 Å². The maximum Gasteiger partial charge on any atom is 0.248 e. The van der Waals surface area contributed by atoms with Crippen molar-refractivity contribution < 1.29 is 4.52 Å². The summed E-state index contributed by atoms with van der Waals surface area (Å²) in [6.45, 7) is 6.25. The van der Waals surface area contributed by atoms with Gasteiger partial charge >= 0.3 is 0 Å².